The van der Waals surface area contributed by atoms with Crippen LogP contribution in [0.5, 0.6) is 0 Å². The maximum absolute atomic E-state index is 13.4. The standard InChI is InChI=1S/C29H33N5O9/c1-15-12-22-20(26(38)32-16(2)31-22)13-18(15)14-33(3)19-6-4-17(5-7-19)27(39)34(23(29(42)43)9-11-25(36)37)24(35)10-8-21(30)28(40)41/h4-7,12-13,21,23H,8-11,14,30H2,1-3H3,(H,36,37)(H,40,41)(H,42,43)(H,31,32,38)/t21-,23+/m0/s1. The fraction of sp³-hybridized carbons (Fsp3) is 0.345. The lowest BCUT2D eigenvalue weighted by molar-refractivity contribution is -0.149. The smallest absolute Gasteiger partial charge is 0.326 e. The number of anilines is 1. The summed E-state index contributed by atoms with van der Waals surface area (Å²) in [5, 5.41) is 28.3. The summed E-state index contributed by atoms with van der Waals surface area (Å²) in [7, 11) is 1.80. The molecule has 0 unspecified atom stereocenters. The van der Waals surface area contributed by atoms with Crippen molar-refractivity contribution < 1.29 is 39.3 Å². The number of carboxylic acids is 3. The van der Waals surface area contributed by atoms with E-state index in [4.69, 9.17) is 15.9 Å². The highest BCUT2D eigenvalue weighted by Crippen LogP contribution is 2.23. The lowest BCUT2D eigenvalue weighted by Crippen LogP contribution is -2.49. The number of nitrogens with zero attached hydrogens (tertiary/aromatic N) is 3. The number of amides is 2. The number of aryl methyl sites for hydroxylation is 2. The topological polar surface area (TPSA) is 224 Å². The van der Waals surface area contributed by atoms with E-state index in [2.05, 4.69) is 9.97 Å². The molecule has 6 N–H and O–H groups in total. The quantitative estimate of drug-likeness (QED) is 0.190. The number of carbonyl (C=O) groups is 5. The molecule has 2 aromatic carbocycles. The van der Waals surface area contributed by atoms with Crippen LogP contribution in [-0.2, 0) is 25.7 Å². The molecule has 14 nitrogen and oxygen atoms in total. The Kier molecular flexibility index (Phi) is 10.3. The summed E-state index contributed by atoms with van der Waals surface area (Å²) in [4.78, 5) is 82.5. The van der Waals surface area contributed by atoms with Crippen molar-refractivity contribution in [1.82, 2.24) is 14.9 Å². The van der Waals surface area contributed by atoms with E-state index in [1.165, 1.54) is 12.1 Å². The maximum atomic E-state index is 13.4. The minimum absolute atomic E-state index is 0.0375. The van der Waals surface area contributed by atoms with Crippen LogP contribution >= 0.6 is 0 Å². The number of rotatable bonds is 13. The van der Waals surface area contributed by atoms with Gasteiger partial charge in [-0.1, -0.05) is 0 Å². The van der Waals surface area contributed by atoms with Crippen LogP contribution in [0.1, 0.15) is 53.0 Å². The van der Waals surface area contributed by atoms with E-state index in [1.807, 2.05) is 17.9 Å². The predicted octanol–water partition coefficient (Wildman–Crippen LogP) is 1.66. The van der Waals surface area contributed by atoms with Gasteiger partial charge in [0.15, 0.2) is 0 Å². The van der Waals surface area contributed by atoms with Gasteiger partial charge < -0.3 is 30.9 Å². The molecule has 0 aliphatic carbocycles. The van der Waals surface area contributed by atoms with Crippen molar-refractivity contribution in [3.63, 3.8) is 0 Å². The van der Waals surface area contributed by atoms with Crippen molar-refractivity contribution in [2.24, 2.45) is 5.73 Å². The number of H-pyrrole nitrogens is 1. The van der Waals surface area contributed by atoms with Crippen LogP contribution in [0.4, 0.5) is 5.69 Å². The number of carboxylic acid groups (broad SMARTS) is 3. The summed E-state index contributed by atoms with van der Waals surface area (Å²) in [6, 6.07) is 6.39. The molecule has 43 heavy (non-hydrogen) atoms. The Morgan fingerprint density at radius 3 is 2.19 bits per heavy atom. The lowest BCUT2D eigenvalue weighted by Gasteiger charge is -2.28. The zero-order chi connectivity index (χ0) is 32.0. The summed E-state index contributed by atoms with van der Waals surface area (Å²) >= 11 is 0. The van der Waals surface area contributed by atoms with Crippen molar-refractivity contribution in [2.75, 3.05) is 11.9 Å². The first-order valence-electron chi connectivity index (χ1n) is 13.3. The molecule has 1 aromatic heterocycles. The third-order valence-electron chi connectivity index (χ3n) is 6.95. The Hall–Kier alpha value is -5.11. The number of carbonyl (C=O) groups excluding carboxylic acids is 2. The number of imide groups is 1. The van der Waals surface area contributed by atoms with Gasteiger partial charge >= 0.3 is 17.9 Å². The molecule has 2 atom stereocenters. The summed E-state index contributed by atoms with van der Waals surface area (Å²) in [5.74, 6) is -5.73. The van der Waals surface area contributed by atoms with Crippen LogP contribution < -0.4 is 16.2 Å². The van der Waals surface area contributed by atoms with Crippen LogP contribution in [0.25, 0.3) is 10.9 Å². The fourth-order valence-electron chi connectivity index (χ4n) is 4.54. The molecule has 14 heteroatoms. The summed E-state index contributed by atoms with van der Waals surface area (Å²) in [6.45, 7) is 4.00. The summed E-state index contributed by atoms with van der Waals surface area (Å²) in [6.07, 6.45) is -2.07. The van der Waals surface area contributed by atoms with Gasteiger partial charge in [-0.15, -0.1) is 0 Å². The minimum atomic E-state index is -1.79. The first-order valence-corrected chi connectivity index (χ1v) is 13.3. The second kappa shape index (κ2) is 13.7. The van der Waals surface area contributed by atoms with E-state index in [0.29, 0.717) is 33.9 Å². The first-order chi connectivity index (χ1) is 20.2. The zero-order valence-corrected chi connectivity index (χ0v) is 23.9. The fourth-order valence-corrected chi connectivity index (χ4v) is 4.54. The van der Waals surface area contributed by atoms with Crippen LogP contribution in [0.3, 0.4) is 0 Å². The number of nitrogens with one attached hydrogen (secondary N) is 1. The Morgan fingerprint density at radius 2 is 1.60 bits per heavy atom. The van der Waals surface area contributed by atoms with E-state index >= 15 is 0 Å². The van der Waals surface area contributed by atoms with Gasteiger partial charge in [-0.25, -0.2) is 9.78 Å². The van der Waals surface area contributed by atoms with Crippen molar-refractivity contribution >= 4 is 46.3 Å². The SMILES string of the molecule is Cc1nc2cc(C)c(CN(C)c3ccc(C(=O)N(C(=O)CC[C@H](N)C(=O)O)[C@H](CCC(=O)O)C(=O)O)cc3)cc2c(=O)[nH]1. The monoisotopic (exact) mass is 595 g/mol. The van der Waals surface area contributed by atoms with Crippen molar-refractivity contribution in [2.45, 2.75) is 58.2 Å². The highest BCUT2D eigenvalue weighted by atomic mass is 16.4. The van der Waals surface area contributed by atoms with Gasteiger partial charge in [0.25, 0.3) is 11.5 Å². The number of aromatic amines is 1. The molecule has 3 rings (SSSR count). The van der Waals surface area contributed by atoms with Gasteiger partial charge in [-0.2, -0.15) is 0 Å². The Balaban J connectivity index is 1.86. The molecule has 1 heterocycles. The first kappa shape index (κ1) is 32.4. The third-order valence-corrected chi connectivity index (χ3v) is 6.95. The van der Waals surface area contributed by atoms with Gasteiger partial charge in [0.2, 0.25) is 5.91 Å². The van der Waals surface area contributed by atoms with Crippen molar-refractivity contribution in [3.8, 4) is 0 Å². The third kappa shape index (κ3) is 8.01. The Labute approximate surface area is 245 Å². The van der Waals surface area contributed by atoms with E-state index < -0.39 is 61.1 Å². The van der Waals surface area contributed by atoms with Gasteiger partial charge in [0.1, 0.15) is 17.9 Å². The lowest BCUT2D eigenvalue weighted by atomic mass is 10.0. The molecule has 0 saturated carbocycles. The van der Waals surface area contributed by atoms with Gasteiger partial charge in [0.05, 0.1) is 10.9 Å². The predicted molar refractivity (Wildman–Crippen MR) is 155 cm³/mol. The number of aromatic nitrogens is 2. The van der Waals surface area contributed by atoms with Gasteiger partial charge in [0, 0.05) is 37.7 Å². The number of fused-ring (bicyclic) bond motifs is 1. The molecule has 0 aliphatic heterocycles. The van der Waals surface area contributed by atoms with Crippen LogP contribution in [0.2, 0.25) is 0 Å². The van der Waals surface area contributed by atoms with E-state index in [-0.39, 0.29) is 17.5 Å². The van der Waals surface area contributed by atoms with Crippen LogP contribution in [0.15, 0.2) is 41.2 Å². The molecule has 0 saturated heterocycles. The van der Waals surface area contributed by atoms with Crippen LogP contribution in [-0.4, -0.2) is 79.0 Å². The van der Waals surface area contributed by atoms with Crippen molar-refractivity contribution in [1.29, 1.82) is 0 Å². The number of benzene rings is 2. The molecule has 228 valence electrons. The van der Waals surface area contributed by atoms with Gasteiger partial charge in [-0.3, -0.25) is 28.9 Å². The number of hydrogen-bond donors (Lipinski definition) is 5. The molecule has 3 aromatic rings. The number of hydrogen-bond acceptors (Lipinski definition) is 9. The molecule has 2 amide bonds. The molecule has 0 radical (unpaired) electrons. The summed E-state index contributed by atoms with van der Waals surface area (Å²) < 4.78 is 0. The zero-order valence-electron chi connectivity index (χ0n) is 23.9. The second-order valence-corrected chi connectivity index (χ2v) is 10.2. The van der Waals surface area contributed by atoms with E-state index in [1.54, 1.807) is 32.2 Å². The highest BCUT2D eigenvalue weighted by Gasteiger charge is 2.35. The summed E-state index contributed by atoms with van der Waals surface area (Å²) in [5.41, 5.74) is 8.21. The largest absolute Gasteiger partial charge is 0.481 e. The normalized spacial score (nSPS) is 12.4. The van der Waals surface area contributed by atoms with Gasteiger partial charge in [-0.05, 0) is 74.2 Å². The molecule has 0 aliphatic rings. The Bertz CT molecular complexity index is 1620. The average Bonchev–Trinajstić information content (AvgIpc) is 2.93. The molecule has 0 fully saturated rings. The second-order valence-electron chi connectivity index (χ2n) is 10.2. The highest BCUT2D eigenvalue weighted by molar-refractivity contribution is 6.07. The Morgan fingerprint density at radius 1 is 0.953 bits per heavy atom. The molecular formula is C29H33N5O9. The van der Waals surface area contributed by atoms with Crippen molar-refractivity contribution in [3.05, 3.63) is 69.3 Å². The number of aliphatic carboxylic acids is 3. The maximum Gasteiger partial charge on any atom is 0.326 e. The average molecular weight is 596 g/mol. The van der Waals surface area contributed by atoms with Crippen LogP contribution in [0, 0.1) is 13.8 Å². The molecule has 0 bridgehead atoms. The van der Waals surface area contributed by atoms with E-state index in [9.17, 15) is 33.9 Å². The molecular weight excluding hydrogens is 562 g/mol. The number of nitrogens with two attached hydrogens (primary N) is 1. The minimum Gasteiger partial charge on any atom is -0.481 e. The molecule has 0 spiro atoms. The van der Waals surface area contributed by atoms with E-state index in [0.717, 1.165) is 11.1 Å².